The number of piperazine rings is 1. The van der Waals surface area contributed by atoms with Crippen LogP contribution in [0.2, 0.25) is 0 Å². The molecule has 0 aromatic carbocycles. The number of nitrogens with zero attached hydrogens (tertiary/aromatic N) is 1. The summed E-state index contributed by atoms with van der Waals surface area (Å²) < 4.78 is 0. The Balaban J connectivity index is 1.73. The van der Waals surface area contributed by atoms with Crippen molar-refractivity contribution in [3.8, 4) is 0 Å². The number of rotatable bonds is 1. The van der Waals surface area contributed by atoms with Crippen LogP contribution < -0.4 is 5.32 Å². The molecule has 1 saturated heterocycles. The molecule has 98 valence electrons. The number of hydrogen-bond acceptors (Lipinski definition) is 2. The third-order valence-electron chi connectivity index (χ3n) is 5.63. The molecule has 3 fully saturated rings. The Morgan fingerprint density at radius 2 is 1.82 bits per heavy atom. The summed E-state index contributed by atoms with van der Waals surface area (Å²) in [5.41, 5.74) is 0.495. The van der Waals surface area contributed by atoms with E-state index in [2.05, 4.69) is 24.1 Å². The summed E-state index contributed by atoms with van der Waals surface area (Å²) in [4.78, 5) is 2.86. The molecule has 1 aliphatic heterocycles. The predicted molar refractivity (Wildman–Crippen MR) is 72.2 cm³/mol. The third kappa shape index (κ3) is 2.15. The van der Waals surface area contributed by atoms with Crippen LogP contribution >= 0.6 is 0 Å². The van der Waals surface area contributed by atoms with Crippen molar-refractivity contribution in [1.29, 1.82) is 0 Å². The molecule has 3 rings (SSSR count). The fourth-order valence-corrected chi connectivity index (χ4v) is 4.49. The lowest BCUT2D eigenvalue weighted by Crippen LogP contribution is -2.64. The lowest BCUT2D eigenvalue weighted by Gasteiger charge is -2.49. The molecule has 2 heteroatoms. The minimum atomic E-state index is 0.495. The first-order valence-electron chi connectivity index (χ1n) is 7.71. The maximum atomic E-state index is 3.87. The molecular weight excluding hydrogens is 208 g/mol. The molecule has 1 heterocycles. The van der Waals surface area contributed by atoms with E-state index in [9.17, 15) is 0 Å². The SMILES string of the molecule is CC1CCCC1N1CC2(CCCC2)NCC1C. The van der Waals surface area contributed by atoms with Gasteiger partial charge in [0.25, 0.3) is 0 Å². The van der Waals surface area contributed by atoms with Gasteiger partial charge in [-0.05, 0) is 38.5 Å². The zero-order valence-electron chi connectivity index (χ0n) is 11.5. The Hall–Kier alpha value is -0.0800. The lowest BCUT2D eigenvalue weighted by atomic mass is 9.90. The molecule has 0 radical (unpaired) electrons. The van der Waals surface area contributed by atoms with Crippen LogP contribution in [0.25, 0.3) is 0 Å². The summed E-state index contributed by atoms with van der Waals surface area (Å²) in [6.07, 6.45) is 10.1. The Labute approximate surface area is 106 Å². The predicted octanol–water partition coefficient (Wildman–Crippen LogP) is 2.78. The highest BCUT2D eigenvalue weighted by Gasteiger charge is 2.43. The molecule has 0 bridgehead atoms. The number of nitrogens with one attached hydrogen (secondary N) is 1. The highest BCUT2D eigenvalue weighted by atomic mass is 15.3. The van der Waals surface area contributed by atoms with E-state index < -0.39 is 0 Å². The molecule has 3 aliphatic rings. The van der Waals surface area contributed by atoms with Crippen LogP contribution in [0.4, 0.5) is 0 Å². The van der Waals surface area contributed by atoms with Crippen LogP contribution in [-0.2, 0) is 0 Å². The van der Waals surface area contributed by atoms with Crippen molar-refractivity contribution >= 4 is 0 Å². The van der Waals surface area contributed by atoms with Crippen molar-refractivity contribution < 1.29 is 0 Å². The zero-order chi connectivity index (χ0) is 11.9. The van der Waals surface area contributed by atoms with Gasteiger partial charge in [0.05, 0.1) is 0 Å². The summed E-state index contributed by atoms with van der Waals surface area (Å²) >= 11 is 0. The van der Waals surface area contributed by atoms with Gasteiger partial charge in [-0.25, -0.2) is 0 Å². The first kappa shape index (κ1) is 12.0. The van der Waals surface area contributed by atoms with E-state index in [-0.39, 0.29) is 0 Å². The van der Waals surface area contributed by atoms with Crippen molar-refractivity contribution in [2.45, 2.75) is 76.4 Å². The summed E-state index contributed by atoms with van der Waals surface area (Å²) in [5.74, 6) is 0.925. The average Bonchev–Trinajstić information content (AvgIpc) is 2.92. The molecule has 2 saturated carbocycles. The van der Waals surface area contributed by atoms with Crippen molar-refractivity contribution in [2.24, 2.45) is 5.92 Å². The summed E-state index contributed by atoms with van der Waals surface area (Å²) in [5, 5.41) is 3.87. The first-order valence-corrected chi connectivity index (χ1v) is 7.71. The largest absolute Gasteiger partial charge is 0.308 e. The van der Waals surface area contributed by atoms with Gasteiger partial charge in [-0.3, -0.25) is 4.90 Å². The summed E-state index contributed by atoms with van der Waals surface area (Å²) in [7, 11) is 0. The van der Waals surface area contributed by atoms with Gasteiger partial charge in [-0.2, -0.15) is 0 Å². The molecule has 2 nitrogen and oxygen atoms in total. The topological polar surface area (TPSA) is 15.3 Å². The van der Waals surface area contributed by atoms with Crippen LogP contribution in [0, 0.1) is 5.92 Å². The second-order valence-electron chi connectivity index (χ2n) is 6.87. The number of hydrogen-bond donors (Lipinski definition) is 1. The van der Waals surface area contributed by atoms with Gasteiger partial charge in [0, 0.05) is 30.7 Å². The Morgan fingerprint density at radius 1 is 1.06 bits per heavy atom. The average molecular weight is 236 g/mol. The minimum Gasteiger partial charge on any atom is -0.308 e. The lowest BCUT2D eigenvalue weighted by molar-refractivity contribution is 0.0383. The van der Waals surface area contributed by atoms with Gasteiger partial charge in [0.1, 0.15) is 0 Å². The van der Waals surface area contributed by atoms with Gasteiger partial charge >= 0.3 is 0 Å². The first-order chi connectivity index (χ1) is 8.20. The zero-order valence-corrected chi connectivity index (χ0v) is 11.5. The maximum Gasteiger partial charge on any atom is 0.0309 e. The Kier molecular flexibility index (Phi) is 3.20. The van der Waals surface area contributed by atoms with E-state index in [1.165, 1.54) is 58.0 Å². The summed E-state index contributed by atoms with van der Waals surface area (Å²) in [6, 6.07) is 1.62. The maximum absolute atomic E-state index is 3.87. The van der Waals surface area contributed by atoms with Gasteiger partial charge in [-0.15, -0.1) is 0 Å². The molecule has 0 aromatic heterocycles. The van der Waals surface area contributed by atoms with Crippen molar-refractivity contribution in [3.63, 3.8) is 0 Å². The van der Waals surface area contributed by atoms with E-state index in [0.717, 1.165) is 18.0 Å². The van der Waals surface area contributed by atoms with Crippen molar-refractivity contribution in [1.82, 2.24) is 10.2 Å². The van der Waals surface area contributed by atoms with Crippen LogP contribution in [-0.4, -0.2) is 35.6 Å². The van der Waals surface area contributed by atoms with E-state index >= 15 is 0 Å². The quantitative estimate of drug-likeness (QED) is 0.753. The van der Waals surface area contributed by atoms with Gasteiger partial charge < -0.3 is 5.32 Å². The van der Waals surface area contributed by atoms with E-state index in [1.54, 1.807) is 0 Å². The molecule has 0 aromatic rings. The monoisotopic (exact) mass is 236 g/mol. The fourth-order valence-electron chi connectivity index (χ4n) is 4.49. The van der Waals surface area contributed by atoms with E-state index in [4.69, 9.17) is 0 Å². The van der Waals surface area contributed by atoms with Crippen LogP contribution in [0.3, 0.4) is 0 Å². The molecular formula is C15H28N2. The van der Waals surface area contributed by atoms with Gasteiger partial charge in [0.2, 0.25) is 0 Å². The molecule has 17 heavy (non-hydrogen) atoms. The molecule has 2 aliphatic carbocycles. The highest BCUT2D eigenvalue weighted by Crippen LogP contribution is 2.37. The minimum absolute atomic E-state index is 0.495. The smallest absolute Gasteiger partial charge is 0.0309 e. The third-order valence-corrected chi connectivity index (χ3v) is 5.63. The normalized spacial score (nSPS) is 42.4. The second kappa shape index (κ2) is 4.55. The highest BCUT2D eigenvalue weighted by molar-refractivity contribution is 5.02. The molecule has 3 atom stereocenters. The molecule has 0 amide bonds. The summed E-state index contributed by atoms with van der Waals surface area (Å²) in [6.45, 7) is 7.42. The second-order valence-corrected chi connectivity index (χ2v) is 6.87. The Bertz CT molecular complexity index is 270. The molecule has 1 spiro atoms. The van der Waals surface area contributed by atoms with Gasteiger partial charge in [-0.1, -0.05) is 26.2 Å². The van der Waals surface area contributed by atoms with E-state index in [1.807, 2.05) is 0 Å². The molecule has 1 N–H and O–H groups in total. The molecule has 3 unspecified atom stereocenters. The Morgan fingerprint density at radius 3 is 2.47 bits per heavy atom. The fraction of sp³-hybridized carbons (Fsp3) is 1.00. The van der Waals surface area contributed by atoms with E-state index in [0.29, 0.717) is 5.54 Å². The van der Waals surface area contributed by atoms with Crippen LogP contribution in [0.1, 0.15) is 58.8 Å². The van der Waals surface area contributed by atoms with Gasteiger partial charge in [0.15, 0.2) is 0 Å². The standard InChI is InChI=1S/C15H28N2/c1-12-6-5-7-14(12)17-11-15(8-3-4-9-15)16-10-13(17)2/h12-14,16H,3-11H2,1-2H3. The van der Waals surface area contributed by atoms with Crippen LogP contribution in [0.15, 0.2) is 0 Å². The van der Waals surface area contributed by atoms with Crippen molar-refractivity contribution in [3.05, 3.63) is 0 Å². The van der Waals surface area contributed by atoms with Crippen LogP contribution in [0.5, 0.6) is 0 Å². The van der Waals surface area contributed by atoms with Crippen molar-refractivity contribution in [2.75, 3.05) is 13.1 Å².